The van der Waals surface area contributed by atoms with Gasteiger partial charge < -0.3 is 19.8 Å². The van der Waals surface area contributed by atoms with Crippen molar-refractivity contribution in [2.75, 3.05) is 19.7 Å². The molecule has 154 valence electrons. The number of nitriles is 1. The van der Waals surface area contributed by atoms with E-state index in [4.69, 9.17) is 4.74 Å². The molecule has 0 saturated carbocycles. The molecule has 1 fully saturated rings. The van der Waals surface area contributed by atoms with E-state index in [0.29, 0.717) is 18.7 Å². The number of aromatic nitrogens is 2. The lowest BCUT2D eigenvalue weighted by Crippen LogP contribution is -2.46. The topological polar surface area (TPSA) is 91.5 Å². The predicted octanol–water partition coefficient (Wildman–Crippen LogP) is 2.07. The van der Waals surface area contributed by atoms with Crippen molar-refractivity contribution in [3.8, 4) is 17.2 Å². The largest absolute Gasteiger partial charge is 0.367 e. The molecule has 2 aromatic heterocycles. The van der Waals surface area contributed by atoms with E-state index in [-0.39, 0.29) is 12.3 Å². The summed E-state index contributed by atoms with van der Waals surface area (Å²) in [7, 11) is 0. The van der Waals surface area contributed by atoms with Crippen LogP contribution in [0.25, 0.3) is 16.8 Å². The minimum Gasteiger partial charge on any atom is -0.367 e. The average molecular weight is 407 g/mol. The molecule has 0 unspecified atom stereocenters. The van der Waals surface area contributed by atoms with Gasteiger partial charge in [-0.1, -0.05) is 12.1 Å². The number of benzene rings is 1. The van der Waals surface area contributed by atoms with Crippen molar-refractivity contribution in [3.63, 3.8) is 0 Å². The van der Waals surface area contributed by atoms with E-state index in [9.17, 15) is 14.4 Å². The van der Waals surface area contributed by atoms with Gasteiger partial charge in [-0.25, -0.2) is 9.37 Å². The van der Waals surface area contributed by atoms with Crippen LogP contribution < -0.4 is 10.6 Å². The fraction of sp³-hybridized carbons (Fsp3) is 0.318. The standard InChI is InChI=1S/C22H22FN5O2/c23-19-11-15(17-4-5-21-26-7-8-28(21)14-17)2-3-16(19)10-18(12-24)27-22(29)20-13-25-6-1-9-30-20/h2-5,7-8,11,14,18,20,25H,1,6,9-10,13H2,(H,27,29)/t18-,20+/m1/s1. The number of hydrogen-bond acceptors (Lipinski definition) is 5. The lowest BCUT2D eigenvalue weighted by atomic mass is 10.0. The summed E-state index contributed by atoms with van der Waals surface area (Å²) in [4.78, 5) is 16.6. The summed E-state index contributed by atoms with van der Waals surface area (Å²) < 4.78 is 22.1. The molecule has 0 bridgehead atoms. The zero-order valence-electron chi connectivity index (χ0n) is 16.3. The molecule has 7 nitrogen and oxygen atoms in total. The fourth-order valence-electron chi connectivity index (χ4n) is 3.48. The number of nitrogens with zero attached hydrogens (tertiary/aromatic N) is 3. The molecule has 1 amide bonds. The SMILES string of the molecule is N#C[C@@H](Cc1ccc(-c2ccc3nccn3c2)cc1F)NC(=O)[C@@H]1CNCCCO1. The van der Waals surface area contributed by atoms with Crippen LogP contribution in [-0.4, -0.2) is 47.1 Å². The molecule has 1 aromatic carbocycles. The third-order valence-electron chi connectivity index (χ3n) is 5.11. The molecule has 1 aliphatic heterocycles. The second-order valence-electron chi connectivity index (χ2n) is 7.23. The van der Waals surface area contributed by atoms with Gasteiger partial charge in [0.2, 0.25) is 0 Å². The number of ether oxygens (including phenoxy) is 1. The summed E-state index contributed by atoms with van der Waals surface area (Å²) in [6, 6.07) is 9.87. The molecule has 3 aromatic rings. The minimum atomic E-state index is -0.841. The first-order valence-electron chi connectivity index (χ1n) is 9.88. The Balaban J connectivity index is 1.45. The highest BCUT2D eigenvalue weighted by molar-refractivity contribution is 5.81. The Hall–Kier alpha value is -3.28. The molecule has 4 rings (SSSR count). The van der Waals surface area contributed by atoms with E-state index in [1.807, 2.05) is 41.1 Å². The van der Waals surface area contributed by atoms with Gasteiger partial charge in [0.1, 0.15) is 23.6 Å². The number of amides is 1. The summed E-state index contributed by atoms with van der Waals surface area (Å²) in [6.45, 7) is 1.67. The van der Waals surface area contributed by atoms with Gasteiger partial charge in [0.05, 0.1) is 6.07 Å². The van der Waals surface area contributed by atoms with Crippen LogP contribution in [0.5, 0.6) is 0 Å². The molecule has 3 heterocycles. The molecule has 1 saturated heterocycles. The highest BCUT2D eigenvalue weighted by Gasteiger charge is 2.24. The van der Waals surface area contributed by atoms with Crippen LogP contribution in [0.15, 0.2) is 48.9 Å². The van der Waals surface area contributed by atoms with Crippen LogP contribution in [0.1, 0.15) is 12.0 Å². The van der Waals surface area contributed by atoms with Crippen LogP contribution in [0.4, 0.5) is 4.39 Å². The Morgan fingerprint density at radius 3 is 3.10 bits per heavy atom. The number of carbonyl (C=O) groups excluding carboxylic acids is 1. The van der Waals surface area contributed by atoms with Gasteiger partial charge in [0.25, 0.3) is 5.91 Å². The molecule has 2 N–H and O–H groups in total. The van der Waals surface area contributed by atoms with Crippen LogP contribution >= 0.6 is 0 Å². The third kappa shape index (κ3) is 4.48. The second-order valence-corrected chi connectivity index (χ2v) is 7.23. The number of imidazole rings is 1. The van der Waals surface area contributed by atoms with Gasteiger partial charge in [-0.15, -0.1) is 0 Å². The Morgan fingerprint density at radius 2 is 2.27 bits per heavy atom. The van der Waals surface area contributed by atoms with Gasteiger partial charge in [-0.3, -0.25) is 4.79 Å². The fourth-order valence-corrected chi connectivity index (χ4v) is 3.48. The third-order valence-corrected chi connectivity index (χ3v) is 5.11. The summed E-state index contributed by atoms with van der Waals surface area (Å²) in [6.07, 6.45) is 5.68. The number of fused-ring (bicyclic) bond motifs is 1. The summed E-state index contributed by atoms with van der Waals surface area (Å²) in [5.41, 5.74) is 2.77. The molecule has 0 radical (unpaired) electrons. The number of hydrogen-bond donors (Lipinski definition) is 2. The van der Waals surface area contributed by atoms with E-state index in [1.54, 1.807) is 12.3 Å². The molecule has 0 spiro atoms. The second kappa shape index (κ2) is 9.03. The Morgan fingerprint density at radius 1 is 1.40 bits per heavy atom. The van der Waals surface area contributed by atoms with E-state index >= 15 is 0 Å². The first-order chi connectivity index (χ1) is 14.6. The Labute approximate surface area is 173 Å². The quantitative estimate of drug-likeness (QED) is 0.676. The van der Waals surface area contributed by atoms with Gasteiger partial charge >= 0.3 is 0 Å². The highest BCUT2D eigenvalue weighted by atomic mass is 19.1. The summed E-state index contributed by atoms with van der Waals surface area (Å²) in [5, 5.41) is 15.2. The highest BCUT2D eigenvalue weighted by Crippen LogP contribution is 2.23. The molecular formula is C22H22FN5O2. The Kier molecular flexibility index (Phi) is 6.02. The van der Waals surface area contributed by atoms with Crippen molar-refractivity contribution in [3.05, 3.63) is 60.3 Å². The van der Waals surface area contributed by atoms with Crippen molar-refractivity contribution in [2.45, 2.75) is 25.0 Å². The first-order valence-corrected chi connectivity index (χ1v) is 9.88. The molecular weight excluding hydrogens is 385 g/mol. The number of pyridine rings is 1. The van der Waals surface area contributed by atoms with Crippen molar-refractivity contribution < 1.29 is 13.9 Å². The van der Waals surface area contributed by atoms with Crippen LogP contribution in [0.3, 0.4) is 0 Å². The van der Waals surface area contributed by atoms with E-state index in [0.717, 1.165) is 29.7 Å². The molecule has 30 heavy (non-hydrogen) atoms. The molecule has 0 aliphatic carbocycles. The van der Waals surface area contributed by atoms with E-state index in [1.165, 1.54) is 6.07 Å². The van der Waals surface area contributed by atoms with E-state index in [2.05, 4.69) is 15.6 Å². The Bertz CT molecular complexity index is 1080. The monoisotopic (exact) mass is 407 g/mol. The summed E-state index contributed by atoms with van der Waals surface area (Å²) in [5.74, 6) is -0.776. The maximum atomic E-state index is 14.8. The van der Waals surface area contributed by atoms with Gasteiger partial charge in [-0.2, -0.15) is 5.26 Å². The lowest BCUT2D eigenvalue weighted by Gasteiger charge is -2.18. The maximum absolute atomic E-state index is 14.8. The number of rotatable bonds is 5. The molecule has 2 atom stereocenters. The van der Waals surface area contributed by atoms with Crippen molar-refractivity contribution >= 4 is 11.6 Å². The predicted molar refractivity (Wildman–Crippen MR) is 109 cm³/mol. The number of carbonyl (C=O) groups is 1. The van der Waals surface area contributed by atoms with E-state index < -0.39 is 18.0 Å². The minimum absolute atomic E-state index is 0.0784. The molecule has 1 aliphatic rings. The molecule has 8 heteroatoms. The maximum Gasteiger partial charge on any atom is 0.251 e. The van der Waals surface area contributed by atoms with Crippen molar-refractivity contribution in [1.82, 2.24) is 20.0 Å². The van der Waals surface area contributed by atoms with Gasteiger partial charge in [0, 0.05) is 38.2 Å². The average Bonchev–Trinajstić information content (AvgIpc) is 3.05. The lowest BCUT2D eigenvalue weighted by molar-refractivity contribution is -0.132. The normalized spacial score (nSPS) is 17.8. The van der Waals surface area contributed by atoms with Crippen LogP contribution in [0.2, 0.25) is 0 Å². The number of halogens is 1. The van der Waals surface area contributed by atoms with Crippen molar-refractivity contribution in [1.29, 1.82) is 5.26 Å². The summed E-state index contributed by atoms with van der Waals surface area (Å²) >= 11 is 0. The van der Waals surface area contributed by atoms with Crippen LogP contribution in [-0.2, 0) is 16.0 Å². The zero-order valence-corrected chi connectivity index (χ0v) is 16.3. The van der Waals surface area contributed by atoms with Gasteiger partial charge in [-0.05, 0) is 47.9 Å². The van der Waals surface area contributed by atoms with Crippen molar-refractivity contribution in [2.24, 2.45) is 0 Å². The zero-order chi connectivity index (χ0) is 20.9. The van der Waals surface area contributed by atoms with Gasteiger partial charge in [0.15, 0.2) is 0 Å². The van der Waals surface area contributed by atoms with Crippen LogP contribution in [0, 0.1) is 17.1 Å². The smallest absolute Gasteiger partial charge is 0.251 e. The number of nitrogens with one attached hydrogen (secondary N) is 2. The first kappa shape index (κ1) is 20.0.